The van der Waals surface area contributed by atoms with Gasteiger partial charge in [-0.25, -0.2) is 0 Å². The van der Waals surface area contributed by atoms with Crippen LogP contribution in [-0.4, -0.2) is 44.8 Å². The van der Waals surface area contributed by atoms with Crippen molar-refractivity contribution in [3.05, 3.63) is 30.6 Å². The van der Waals surface area contributed by atoms with Crippen molar-refractivity contribution in [1.29, 1.82) is 0 Å². The number of rotatable bonds is 4. The minimum absolute atomic E-state index is 0.0371. The minimum Gasteiger partial charge on any atom is -0.326 e. The van der Waals surface area contributed by atoms with Gasteiger partial charge in [-0.1, -0.05) is 12.1 Å². The highest BCUT2D eigenvalue weighted by Crippen LogP contribution is 2.20. The van der Waals surface area contributed by atoms with E-state index in [2.05, 4.69) is 20.8 Å². The molecule has 0 radical (unpaired) electrons. The summed E-state index contributed by atoms with van der Waals surface area (Å²) < 4.78 is 1.85. The number of hydrogen-bond donors (Lipinski definition) is 2. The molecular weight excluding hydrogens is 298 g/mol. The van der Waals surface area contributed by atoms with Crippen molar-refractivity contribution in [3.8, 4) is 11.4 Å². The van der Waals surface area contributed by atoms with E-state index in [0.29, 0.717) is 6.42 Å². The maximum Gasteiger partial charge on any atom is 0.225 e. The van der Waals surface area contributed by atoms with Gasteiger partial charge in [0.2, 0.25) is 5.91 Å². The van der Waals surface area contributed by atoms with Crippen LogP contribution in [0.5, 0.6) is 0 Å². The van der Waals surface area contributed by atoms with Gasteiger partial charge in [-0.2, -0.15) is 11.8 Å². The molecule has 1 aromatic heterocycles. The number of benzene rings is 1. The van der Waals surface area contributed by atoms with Crippen LogP contribution >= 0.6 is 11.8 Å². The summed E-state index contributed by atoms with van der Waals surface area (Å²) in [5.41, 5.74) is 1.72. The molecule has 2 aromatic rings. The molecule has 1 aliphatic heterocycles. The molecule has 1 unspecified atom stereocenters. The molecule has 116 valence electrons. The van der Waals surface area contributed by atoms with E-state index in [1.165, 1.54) is 0 Å². The maximum absolute atomic E-state index is 12.2. The molecule has 6 nitrogen and oxygen atoms in total. The maximum atomic E-state index is 12.2. The van der Waals surface area contributed by atoms with E-state index in [1.807, 2.05) is 47.6 Å². The summed E-state index contributed by atoms with van der Waals surface area (Å²) in [6.07, 6.45) is 2.16. The summed E-state index contributed by atoms with van der Waals surface area (Å²) in [7, 11) is 1.90. The van der Waals surface area contributed by atoms with Crippen molar-refractivity contribution < 1.29 is 4.79 Å². The van der Waals surface area contributed by atoms with Gasteiger partial charge in [0, 0.05) is 48.8 Å². The Morgan fingerprint density at radius 3 is 3.18 bits per heavy atom. The molecule has 0 saturated carbocycles. The fraction of sp³-hybridized carbons (Fsp3) is 0.400. The van der Waals surface area contributed by atoms with Crippen LogP contribution in [0, 0.1) is 0 Å². The Kier molecular flexibility index (Phi) is 4.74. The van der Waals surface area contributed by atoms with Gasteiger partial charge in [0.1, 0.15) is 6.33 Å². The fourth-order valence-corrected chi connectivity index (χ4v) is 3.42. The monoisotopic (exact) mass is 317 g/mol. The largest absolute Gasteiger partial charge is 0.326 e. The van der Waals surface area contributed by atoms with Crippen LogP contribution in [0.15, 0.2) is 30.6 Å². The molecule has 3 rings (SSSR count). The lowest BCUT2D eigenvalue weighted by atomic mass is 10.1. The highest BCUT2D eigenvalue weighted by atomic mass is 32.2. The van der Waals surface area contributed by atoms with Crippen molar-refractivity contribution in [2.75, 3.05) is 23.4 Å². The summed E-state index contributed by atoms with van der Waals surface area (Å²) in [4.78, 5) is 12.2. The van der Waals surface area contributed by atoms with Crippen molar-refractivity contribution in [1.82, 2.24) is 20.1 Å². The second-order valence-electron chi connectivity index (χ2n) is 5.32. The van der Waals surface area contributed by atoms with Crippen LogP contribution < -0.4 is 10.6 Å². The average Bonchev–Trinajstić information content (AvgIpc) is 2.94. The van der Waals surface area contributed by atoms with Crippen molar-refractivity contribution in [2.45, 2.75) is 12.5 Å². The molecular formula is C15H19N5OS. The summed E-state index contributed by atoms with van der Waals surface area (Å²) in [5.74, 6) is 2.93. The minimum atomic E-state index is 0.0371. The zero-order chi connectivity index (χ0) is 15.4. The first kappa shape index (κ1) is 15.1. The number of amides is 1. The quantitative estimate of drug-likeness (QED) is 0.894. The van der Waals surface area contributed by atoms with Gasteiger partial charge in [0.25, 0.3) is 0 Å². The predicted octanol–water partition coefficient (Wildman–Crippen LogP) is 1.52. The summed E-state index contributed by atoms with van der Waals surface area (Å²) in [6, 6.07) is 7.94. The molecule has 1 atom stereocenters. The molecule has 1 amide bonds. The standard InChI is InChI=1S/C15H19N5OS/c1-20-10-17-19-15(20)11-3-2-4-12(7-11)18-14(21)8-13-9-22-6-5-16-13/h2-4,7,10,13,16H,5-6,8-9H2,1H3,(H,18,21). The Morgan fingerprint density at radius 1 is 1.55 bits per heavy atom. The number of thioether (sulfide) groups is 1. The Morgan fingerprint density at radius 2 is 2.45 bits per heavy atom. The van der Waals surface area contributed by atoms with E-state index in [0.717, 1.165) is 35.1 Å². The van der Waals surface area contributed by atoms with Crippen LogP contribution in [0.4, 0.5) is 5.69 Å². The Bertz CT molecular complexity index is 651. The molecule has 2 heterocycles. The lowest BCUT2D eigenvalue weighted by Crippen LogP contribution is -2.39. The molecule has 22 heavy (non-hydrogen) atoms. The summed E-state index contributed by atoms with van der Waals surface area (Å²) in [5, 5.41) is 14.3. The molecule has 0 bridgehead atoms. The van der Waals surface area contributed by atoms with Gasteiger partial charge in [0.15, 0.2) is 5.82 Å². The number of aryl methyl sites for hydroxylation is 1. The number of anilines is 1. The molecule has 1 aromatic carbocycles. The molecule has 0 aliphatic carbocycles. The zero-order valence-electron chi connectivity index (χ0n) is 12.5. The van der Waals surface area contributed by atoms with Crippen LogP contribution in [0.2, 0.25) is 0 Å². The van der Waals surface area contributed by atoms with Crippen molar-refractivity contribution in [2.24, 2.45) is 7.05 Å². The van der Waals surface area contributed by atoms with Crippen LogP contribution in [-0.2, 0) is 11.8 Å². The fourth-order valence-electron chi connectivity index (χ4n) is 2.47. The number of aromatic nitrogens is 3. The van der Waals surface area contributed by atoms with Gasteiger partial charge in [-0.3, -0.25) is 4.79 Å². The number of carbonyl (C=O) groups excluding carboxylic acids is 1. The third-order valence-electron chi connectivity index (χ3n) is 3.55. The average molecular weight is 317 g/mol. The van der Waals surface area contributed by atoms with E-state index < -0.39 is 0 Å². The second-order valence-corrected chi connectivity index (χ2v) is 6.47. The number of carbonyl (C=O) groups is 1. The summed E-state index contributed by atoms with van der Waals surface area (Å²) in [6.45, 7) is 0.976. The number of nitrogens with zero attached hydrogens (tertiary/aromatic N) is 3. The van der Waals surface area contributed by atoms with E-state index in [1.54, 1.807) is 6.33 Å². The molecule has 0 spiro atoms. The molecule has 7 heteroatoms. The highest BCUT2D eigenvalue weighted by Gasteiger charge is 2.17. The second kappa shape index (κ2) is 6.93. The molecule has 2 N–H and O–H groups in total. The first-order valence-corrected chi connectivity index (χ1v) is 8.43. The molecule has 1 fully saturated rings. The normalized spacial score (nSPS) is 18.1. The van der Waals surface area contributed by atoms with Gasteiger partial charge >= 0.3 is 0 Å². The predicted molar refractivity (Wildman–Crippen MR) is 88.8 cm³/mol. The highest BCUT2D eigenvalue weighted by molar-refractivity contribution is 7.99. The van der Waals surface area contributed by atoms with E-state index in [4.69, 9.17) is 0 Å². The van der Waals surface area contributed by atoms with E-state index in [-0.39, 0.29) is 11.9 Å². The van der Waals surface area contributed by atoms with Crippen LogP contribution in [0.1, 0.15) is 6.42 Å². The zero-order valence-corrected chi connectivity index (χ0v) is 13.3. The van der Waals surface area contributed by atoms with Crippen LogP contribution in [0.25, 0.3) is 11.4 Å². The van der Waals surface area contributed by atoms with Gasteiger partial charge in [-0.15, -0.1) is 10.2 Å². The smallest absolute Gasteiger partial charge is 0.225 e. The number of hydrogen-bond acceptors (Lipinski definition) is 5. The van der Waals surface area contributed by atoms with Gasteiger partial charge in [-0.05, 0) is 12.1 Å². The SMILES string of the molecule is Cn1cnnc1-c1cccc(NC(=O)CC2CSCCN2)c1. The van der Waals surface area contributed by atoms with E-state index >= 15 is 0 Å². The Hall–Kier alpha value is -1.86. The van der Waals surface area contributed by atoms with Crippen molar-refractivity contribution in [3.63, 3.8) is 0 Å². The number of nitrogens with one attached hydrogen (secondary N) is 2. The third kappa shape index (κ3) is 3.66. The lowest BCUT2D eigenvalue weighted by molar-refractivity contribution is -0.116. The van der Waals surface area contributed by atoms with Crippen molar-refractivity contribution >= 4 is 23.4 Å². The Balaban J connectivity index is 1.65. The topological polar surface area (TPSA) is 71.8 Å². The lowest BCUT2D eigenvalue weighted by Gasteiger charge is -2.22. The summed E-state index contributed by atoms with van der Waals surface area (Å²) >= 11 is 1.89. The van der Waals surface area contributed by atoms with Crippen LogP contribution in [0.3, 0.4) is 0 Å². The molecule has 1 saturated heterocycles. The first-order chi connectivity index (χ1) is 10.7. The third-order valence-corrected chi connectivity index (χ3v) is 4.68. The Labute approximate surface area is 133 Å². The van der Waals surface area contributed by atoms with Gasteiger partial charge in [0.05, 0.1) is 0 Å². The van der Waals surface area contributed by atoms with E-state index in [9.17, 15) is 4.79 Å². The first-order valence-electron chi connectivity index (χ1n) is 7.28. The van der Waals surface area contributed by atoms with Gasteiger partial charge < -0.3 is 15.2 Å². The molecule has 1 aliphatic rings.